The molecule has 0 radical (unpaired) electrons. The van der Waals surface area contributed by atoms with Crippen LogP contribution in [0.3, 0.4) is 0 Å². The predicted molar refractivity (Wildman–Crippen MR) is 89.1 cm³/mol. The molecule has 1 N–H and O–H groups in total. The molecule has 1 aromatic rings. The highest BCUT2D eigenvalue weighted by Crippen LogP contribution is 2.21. The number of hydrogen-bond donors (Lipinski definition) is 1. The van der Waals surface area contributed by atoms with Gasteiger partial charge in [0.15, 0.2) is 0 Å². The summed E-state index contributed by atoms with van der Waals surface area (Å²) in [5.74, 6) is 2.92. The van der Waals surface area contributed by atoms with E-state index in [0.29, 0.717) is 0 Å². The molecule has 1 fully saturated rings. The van der Waals surface area contributed by atoms with Crippen molar-refractivity contribution in [2.24, 2.45) is 0 Å². The van der Waals surface area contributed by atoms with Crippen molar-refractivity contribution in [3.63, 3.8) is 0 Å². The first-order valence-corrected chi connectivity index (χ1v) is 8.06. The third-order valence-electron chi connectivity index (χ3n) is 3.99. The Balaban J connectivity index is 2.10. The number of piperazine rings is 1. The van der Waals surface area contributed by atoms with Gasteiger partial charge < -0.3 is 10.2 Å². The molecular formula is C16H29N5. The number of hydrogen-bond acceptors (Lipinski definition) is 5. The van der Waals surface area contributed by atoms with E-state index >= 15 is 0 Å². The van der Waals surface area contributed by atoms with E-state index in [1.807, 2.05) is 0 Å². The highest BCUT2D eigenvalue weighted by Gasteiger charge is 2.26. The normalized spacial score (nSPS) is 17.1. The minimum Gasteiger partial charge on any atom is -0.370 e. The summed E-state index contributed by atoms with van der Waals surface area (Å²) in [6.07, 6.45) is 0.869. The Kier molecular flexibility index (Phi) is 5.04. The Morgan fingerprint density at radius 2 is 1.76 bits per heavy atom. The van der Waals surface area contributed by atoms with Gasteiger partial charge in [-0.1, -0.05) is 6.92 Å². The second-order valence-electron chi connectivity index (χ2n) is 6.56. The topological polar surface area (TPSA) is 44.3 Å². The van der Waals surface area contributed by atoms with Gasteiger partial charge in [-0.05, 0) is 27.7 Å². The molecule has 0 aliphatic carbocycles. The molecule has 1 aromatic heterocycles. The molecule has 5 heteroatoms. The van der Waals surface area contributed by atoms with Crippen molar-refractivity contribution in [1.29, 1.82) is 0 Å². The molecule has 0 atom stereocenters. The Bertz CT molecular complexity index is 458. The first-order valence-electron chi connectivity index (χ1n) is 8.06. The number of aryl methyl sites for hydroxylation is 1. The zero-order valence-corrected chi connectivity index (χ0v) is 14.1. The van der Waals surface area contributed by atoms with Gasteiger partial charge in [-0.25, -0.2) is 9.97 Å². The fourth-order valence-corrected chi connectivity index (χ4v) is 2.68. The Morgan fingerprint density at radius 1 is 1.10 bits per heavy atom. The lowest BCUT2D eigenvalue weighted by molar-refractivity contribution is 0.128. The van der Waals surface area contributed by atoms with E-state index < -0.39 is 0 Å². The van der Waals surface area contributed by atoms with Crippen LogP contribution in [0.5, 0.6) is 0 Å². The number of nitrogens with zero attached hydrogens (tertiary/aromatic N) is 4. The SMILES string of the molecule is CCNc1cc(N2CCN(C(C)(C)C)CC2)nc(CC)n1. The van der Waals surface area contributed by atoms with Gasteiger partial charge in [0.25, 0.3) is 0 Å². The van der Waals surface area contributed by atoms with Gasteiger partial charge in [0.05, 0.1) is 0 Å². The van der Waals surface area contributed by atoms with Crippen molar-refractivity contribution >= 4 is 11.6 Å². The average Bonchev–Trinajstić information content (AvgIpc) is 2.46. The molecule has 21 heavy (non-hydrogen) atoms. The summed E-state index contributed by atoms with van der Waals surface area (Å²) >= 11 is 0. The third-order valence-corrected chi connectivity index (χ3v) is 3.99. The van der Waals surface area contributed by atoms with Crippen LogP contribution in [0.2, 0.25) is 0 Å². The number of anilines is 2. The summed E-state index contributed by atoms with van der Waals surface area (Å²) in [4.78, 5) is 14.1. The molecule has 118 valence electrons. The second kappa shape index (κ2) is 6.60. The molecule has 1 saturated heterocycles. The Labute approximate surface area is 128 Å². The molecule has 2 heterocycles. The lowest BCUT2D eigenvalue weighted by Gasteiger charge is -2.42. The Hall–Kier alpha value is -1.36. The van der Waals surface area contributed by atoms with Crippen LogP contribution < -0.4 is 10.2 Å². The number of aromatic nitrogens is 2. The van der Waals surface area contributed by atoms with Crippen LogP contribution in [0.1, 0.15) is 40.4 Å². The van der Waals surface area contributed by atoms with Crippen molar-refractivity contribution < 1.29 is 0 Å². The van der Waals surface area contributed by atoms with Crippen LogP contribution in [-0.4, -0.2) is 53.1 Å². The van der Waals surface area contributed by atoms with Crippen LogP contribution in [0, 0.1) is 0 Å². The smallest absolute Gasteiger partial charge is 0.134 e. The van der Waals surface area contributed by atoms with Crippen molar-refractivity contribution in [1.82, 2.24) is 14.9 Å². The van der Waals surface area contributed by atoms with Crippen LogP contribution in [0.4, 0.5) is 11.6 Å². The van der Waals surface area contributed by atoms with E-state index in [2.05, 4.69) is 60.8 Å². The quantitative estimate of drug-likeness (QED) is 0.923. The molecule has 0 unspecified atom stereocenters. The number of rotatable bonds is 4. The van der Waals surface area contributed by atoms with Gasteiger partial charge in [0.1, 0.15) is 17.5 Å². The summed E-state index contributed by atoms with van der Waals surface area (Å²) in [5, 5.41) is 3.31. The maximum atomic E-state index is 4.70. The van der Waals surface area contributed by atoms with Crippen molar-refractivity contribution in [2.45, 2.75) is 46.6 Å². The van der Waals surface area contributed by atoms with Gasteiger partial charge in [-0.15, -0.1) is 0 Å². The minimum atomic E-state index is 0.251. The highest BCUT2D eigenvalue weighted by atomic mass is 15.3. The standard InChI is InChI=1S/C16H29N5/c1-6-13-18-14(17-7-2)12-15(19-13)20-8-10-21(11-9-20)16(3,4)5/h12H,6-11H2,1-5H3,(H,17,18,19). The van der Waals surface area contributed by atoms with Crippen LogP contribution in [0.15, 0.2) is 6.07 Å². The molecule has 0 spiro atoms. The lowest BCUT2D eigenvalue weighted by atomic mass is 10.1. The first kappa shape index (κ1) is 16.0. The third kappa shape index (κ3) is 4.06. The van der Waals surface area contributed by atoms with Gasteiger partial charge in [0, 0.05) is 50.7 Å². The molecule has 2 rings (SSSR count). The zero-order chi connectivity index (χ0) is 15.5. The molecule has 5 nitrogen and oxygen atoms in total. The molecule has 0 aromatic carbocycles. The van der Waals surface area contributed by atoms with E-state index in [-0.39, 0.29) is 5.54 Å². The molecule has 0 amide bonds. The second-order valence-corrected chi connectivity index (χ2v) is 6.56. The fraction of sp³-hybridized carbons (Fsp3) is 0.750. The van der Waals surface area contributed by atoms with E-state index in [9.17, 15) is 0 Å². The van der Waals surface area contributed by atoms with E-state index in [1.54, 1.807) is 0 Å². The molecule has 1 aliphatic heterocycles. The summed E-state index contributed by atoms with van der Waals surface area (Å²) in [6, 6.07) is 2.08. The Morgan fingerprint density at radius 3 is 2.29 bits per heavy atom. The summed E-state index contributed by atoms with van der Waals surface area (Å²) in [5.41, 5.74) is 0.251. The first-order chi connectivity index (χ1) is 9.94. The molecule has 0 saturated carbocycles. The van der Waals surface area contributed by atoms with Gasteiger partial charge >= 0.3 is 0 Å². The summed E-state index contributed by atoms with van der Waals surface area (Å²) in [7, 11) is 0. The highest BCUT2D eigenvalue weighted by molar-refractivity contribution is 5.49. The van der Waals surface area contributed by atoms with Crippen LogP contribution in [-0.2, 0) is 6.42 Å². The monoisotopic (exact) mass is 291 g/mol. The van der Waals surface area contributed by atoms with Gasteiger partial charge in [0.2, 0.25) is 0 Å². The summed E-state index contributed by atoms with van der Waals surface area (Å²) in [6.45, 7) is 16.2. The van der Waals surface area contributed by atoms with Gasteiger partial charge in [-0.2, -0.15) is 0 Å². The zero-order valence-electron chi connectivity index (χ0n) is 14.1. The van der Waals surface area contributed by atoms with Crippen LogP contribution >= 0.6 is 0 Å². The maximum absolute atomic E-state index is 4.70. The average molecular weight is 291 g/mol. The lowest BCUT2D eigenvalue weighted by Crippen LogP contribution is -2.53. The van der Waals surface area contributed by atoms with Crippen molar-refractivity contribution in [3.8, 4) is 0 Å². The largest absolute Gasteiger partial charge is 0.370 e. The summed E-state index contributed by atoms with van der Waals surface area (Å²) < 4.78 is 0. The molecule has 0 bridgehead atoms. The molecule has 1 aliphatic rings. The van der Waals surface area contributed by atoms with Crippen LogP contribution in [0.25, 0.3) is 0 Å². The van der Waals surface area contributed by atoms with E-state index in [0.717, 1.165) is 56.6 Å². The minimum absolute atomic E-state index is 0.251. The predicted octanol–water partition coefficient (Wildman–Crippen LogP) is 2.39. The van der Waals surface area contributed by atoms with E-state index in [4.69, 9.17) is 4.98 Å². The number of nitrogens with one attached hydrogen (secondary N) is 1. The van der Waals surface area contributed by atoms with E-state index in [1.165, 1.54) is 0 Å². The van der Waals surface area contributed by atoms with Crippen molar-refractivity contribution in [3.05, 3.63) is 11.9 Å². The van der Waals surface area contributed by atoms with Gasteiger partial charge in [-0.3, -0.25) is 4.90 Å². The molecular weight excluding hydrogens is 262 g/mol. The maximum Gasteiger partial charge on any atom is 0.134 e. The fourth-order valence-electron chi connectivity index (χ4n) is 2.68. The van der Waals surface area contributed by atoms with Crippen molar-refractivity contribution in [2.75, 3.05) is 42.9 Å².